The Labute approximate surface area is 193 Å². The van der Waals surface area contributed by atoms with E-state index >= 15 is 0 Å². The van der Waals surface area contributed by atoms with Crippen LogP contribution in [0.15, 0.2) is 24.3 Å². The van der Waals surface area contributed by atoms with Gasteiger partial charge in [0.25, 0.3) is 5.69 Å². The lowest BCUT2D eigenvalue weighted by atomic mass is 9.78. The van der Waals surface area contributed by atoms with Gasteiger partial charge >= 0.3 is 5.97 Å². The van der Waals surface area contributed by atoms with Gasteiger partial charge in [0.2, 0.25) is 11.8 Å². The van der Waals surface area contributed by atoms with E-state index in [0.29, 0.717) is 31.2 Å². The number of amides is 2. The molecule has 2 atom stereocenters. The van der Waals surface area contributed by atoms with Crippen LogP contribution >= 0.6 is 0 Å². The Hall–Kier alpha value is -2.97. The lowest BCUT2D eigenvalue weighted by Gasteiger charge is -2.44. The second-order valence-corrected chi connectivity index (χ2v) is 9.08. The molecular formula is C24H33N3O6. The molecule has 1 saturated heterocycles. The van der Waals surface area contributed by atoms with Gasteiger partial charge in [-0.15, -0.1) is 0 Å². The van der Waals surface area contributed by atoms with Crippen molar-refractivity contribution >= 4 is 23.5 Å². The molecule has 2 aliphatic rings. The van der Waals surface area contributed by atoms with Gasteiger partial charge in [-0.25, -0.2) is 0 Å². The number of rotatable bonds is 10. The lowest BCUT2D eigenvalue weighted by Crippen LogP contribution is -2.49. The second-order valence-electron chi connectivity index (χ2n) is 9.08. The zero-order valence-corrected chi connectivity index (χ0v) is 19.0. The standard InChI is InChI=1S/C24H33N3O6/c28-22(8-3-9-23(29)26-15-4-6-19-5-1-2-7-21(19)26)25(17-24(30)31)16-14-18-10-12-20(13-11-18)27(32)33/h10-13,19,21H,1-9,14-17H2,(H,30,31). The molecule has 1 aliphatic carbocycles. The van der Waals surface area contributed by atoms with Crippen LogP contribution in [0.5, 0.6) is 0 Å². The first kappa shape index (κ1) is 24.7. The van der Waals surface area contributed by atoms with Crippen LogP contribution < -0.4 is 0 Å². The number of hydrogen-bond acceptors (Lipinski definition) is 5. The fourth-order valence-electron chi connectivity index (χ4n) is 5.13. The van der Waals surface area contributed by atoms with Crippen molar-refractivity contribution in [3.05, 3.63) is 39.9 Å². The maximum Gasteiger partial charge on any atom is 0.323 e. The third-order valence-corrected chi connectivity index (χ3v) is 6.84. The predicted octanol–water partition coefficient (Wildman–Crippen LogP) is 3.40. The molecule has 9 nitrogen and oxygen atoms in total. The summed E-state index contributed by atoms with van der Waals surface area (Å²) in [7, 11) is 0. The highest BCUT2D eigenvalue weighted by molar-refractivity contribution is 5.82. The van der Waals surface area contributed by atoms with E-state index in [0.717, 1.165) is 24.9 Å². The number of nitro groups is 1. The van der Waals surface area contributed by atoms with Gasteiger partial charge in [0.1, 0.15) is 6.54 Å². The van der Waals surface area contributed by atoms with Crippen LogP contribution in [0.3, 0.4) is 0 Å². The zero-order chi connectivity index (χ0) is 23.8. The van der Waals surface area contributed by atoms with Crippen LogP contribution in [0, 0.1) is 16.0 Å². The second kappa shape index (κ2) is 11.8. The Morgan fingerprint density at radius 1 is 1.06 bits per heavy atom. The number of benzene rings is 1. The van der Waals surface area contributed by atoms with E-state index in [2.05, 4.69) is 0 Å². The molecule has 0 bridgehead atoms. The lowest BCUT2D eigenvalue weighted by molar-refractivity contribution is -0.384. The molecule has 1 N–H and O–H groups in total. The van der Waals surface area contributed by atoms with Crippen molar-refractivity contribution in [3.8, 4) is 0 Å². The molecule has 2 unspecified atom stereocenters. The van der Waals surface area contributed by atoms with E-state index in [4.69, 9.17) is 0 Å². The highest BCUT2D eigenvalue weighted by Gasteiger charge is 2.35. The van der Waals surface area contributed by atoms with Crippen LogP contribution in [0.1, 0.15) is 63.4 Å². The van der Waals surface area contributed by atoms with Crippen LogP contribution in [-0.2, 0) is 20.8 Å². The van der Waals surface area contributed by atoms with E-state index in [9.17, 15) is 29.6 Å². The van der Waals surface area contributed by atoms with E-state index in [-0.39, 0.29) is 30.5 Å². The van der Waals surface area contributed by atoms with Crippen molar-refractivity contribution in [2.45, 2.75) is 70.3 Å². The van der Waals surface area contributed by atoms with E-state index in [1.165, 1.54) is 42.7 Å². The van der Waals surface area contributed by atoms with Crippen LogP contribution in [0.2, 0.25) is 0 Å². The van der Waals surface area contributed by atoms with Crippen molar-refractivity contribution < 1.29 is 24.4 Å². The number of aliphatic carboxylic acids is 1. The molecule has 0 radical (unpaired) electrons. The minimum atomic E-state index is -1.10. The molecule has 0 spiro atoms. The minimum absolute atomic E-state index is 0.0184. The molecule has 2 amide bonds. The summed E-state index contributed by atoms with van der Waals surface area (Å²) in [5.74, 6) is -0.667. The number of fused-ring (bicyclic) bond motifs is 1. The Bertz CT molecular complexity index is 854. The van der Waals surface area contributed by atoms with Crippen LogP contribution in [-0.4, -0.2) is 63.3 Å². The van der Waals surface area contributed by atoms with Gasteiger partial charge in [-0.2, -0.15) is 0 Å². The summed E-state index contributed by atoms with van der Waals surface area (Å²) in [6, 6.07) is 6.35. The molecule has 2 fully saturated rings. The summed E-state index contributed by atoms with van der Waals surface area (Å²) >= 11 is 0. The number of piperidine rings is 1. The number of carboxylic acid groups (broad SMARTS) is 1. The summed E-state index contributed by atoms with van der Waals surface area (Å²) < 4.78 is 0. The average molecular weight is 460 g/mol. The number of non-ortho nitro benzene ring substituents is 1. The average Bonchev–Trinajstić information content (AvgIpc) is 2.81. The molecular weight excluding hydrogens is 426 g/mol. The summed E-state index contributed by atoms with van der Waals surface area (Å²) in [6.45, 7) is 0.594. The Morgan fingerprint density at radius 3 is 2.45 bits per heavy atom. The monoisotopic (exact) mass is 459 g/mol. The summed E-state index contributed by atoms with van der Waals surface area (Å²) in [6.07, 6.45) is 8.16. The first-order chi connectivity index (χ1) is 15.8. The molecule has 1 aromatic carbocycles. The smallest absolute Gasteiger partial charge is 0.323 e. The molecule has 3 rings (SSSR count). The van der Waals surface area contributed by atoms with Crippen molar-refractivity contribution in [1.29, 1.82) is 0 Å². The van der Waals surface area contributed by atoms with Gasteiger partial charge < -0.3 is 14.9 Å². The number of carbonyl (C=O) groups is 3. The molecule has 180 valence electrons. The minimum Gasteiger partial charge on any atom is -0.480 e. The first-order valence-corrected chi connectivity index (χ1v) is 11.9. The highest BCUT2D eigenvalue weighted by Crippen LogP contribution is 2.35. The highest BCUT2D eigenvalue weighted by atomic mass is 16.6. The molecule has 1 saturated carbocycles. The number of likely N-dealkylation sites (tertiary alicyclic amines) is 1. The topological polar surface area (TPSA) is 121 Å². The van der Waals surface area contributed by atoms with Crippen LogP contribution in [0.4, 0.5) is 5.69 Å². The SMILES string of the molecule is O=C(O)CN(CCc1ccc([N+](=O)[O-])cc1)C(=O)CCCC(=O)N1CCCC2CCCCC21. The van der Waals surface area contributed by atoms with E-state index in [1.807, 2.05) is 4.90 Å². The fraction of sp³-hybridized carbons (Fsp3) is 0.625. The third kappa shape index (κ3) is 7.00. The molecule has 33 heavy (non-hydrogen) atoms. The van der Waals surface area contributed by atoms with Crippen molar-refractivity contribution in [2.24, 2.45) is 5.92 Å². The van der Waals surface area contributed by atoms with Gasteiger partial charge in [0, 0.05) is 44.1 Å². The van der Waals surface area contributed by atoms with Gasteiger partial charge in [-0.05, 0) is 50.0 Å². The maximum atomic E-state index is 12.8. The Kier molecular flexibility index (Phi) is 8.79. The van der Waals surface area contributed by atoms with E-state index in [1.54, 1.807) is 12.1 Å². The maximum absolute atomic E-state index is 12.8. The summed E-state index contributed by atoms with van der Waals surface area (Å²) in [5, 5.41) is 20.0. The largest absolute Gasteiger partial charge is 0.480 e. The van der Waals surface area contributed by atoms with Crippen molar-refractivity contribution in [3.63, 3.8) is 0 Å². The molecule has 1 heterocycles. The van der Waals surface area contributed by atoms with Crippen molar-refractivity contribution in [1.82, 2.24) is 9.80 Å². The quantitative estimate of drug-likeness (QED) is 0.423. The van der Waals surface area contributed by atoms with Gasteiger partial charge in [0.05, 0.1) is 4.92 Å². The number of carbonyl (C=O) groups excluding carboxylic acids is 2. The number of nitrogens with zero attached hydrogens (tertiary/aromatic N) is 3. The molecule has 0 aromatic heterocycles. The third-order valence-electron chi connectivity index (χ3n) is 6.84. The predicted molar refractivity (Wildman–Crippen MR) is 122 cm³/mol. The molecule has 1 aromatic rings. The van der Waals surface area contributed by atoms with Crippen molar-refractivity contribution in [2.75, 3.05) is 19.6 Å². The number of carboxylic acids is 1. The van der Waals surface area contributed by atoms with Gasteiger partial charge in [-0.3, -0.25) is 24.5 Å². The van der Waals surface area contributed by atoms with Gasteiger partial charge in [-0.1, -0.05) is 25.0 Å². The first-order valence-electron chi connectivity index (χ1n) is 11.9. The summed E-state index contributed by atoms with van der Waals surface area (Å²) in [5.41, 5.74) is 0.765. The number of nitro benzene ring substituents is 1. The Morgan fingerprint density at radius 2 is 1.76 bits per heavy atom. The molecule has 9 heteroatoms. The van der Waals surface area contributed by atoms with E-state index < -0.39 is 17.4 Å². The van der Waals surface area contributed by atoms with Crippen LogP contribution in [0.25, 0.3) is 0 Å². The number of hydrogen-bond donors (Lipinski definition) is 1. The zero-order valence-electron chi connectivity index (χ0n) is 19.0. The normalized spacial score (nSPS) is 20.1. The van der Waals surface area contributed by atoms with Gasteiger partial charge in [0.15, 0.2) is 0 Å². The fourth-order valence-corrected chi connectivity index (χ4v) is 5.13. The summed E-state index contributed by atoms with van der Waals surface area (Å²) in [4.78, 5) is 50.3. The molecule has 1 aliphatic heterocycles. The Balaban J connectivity index is 1.48.